The van der Waals surface area contributed by atoms with Crippen LogP contribution in [0.2, 0.25) is 0 Å². The molecule has 0 aliphatic carbocycles. The van der Waals surface area contributed by atoms with Crippen molar-refractivity contribution < 1.29 is 4.39 Å². The van der Waals surface area contributed by atoms with Gasteiger partial charge in [0.25, 0.3) is 0 Å². The van der Waals surface area contributed by atoms with Crippen molar-refractivity contribution in [2.75, 3.05) is 0 Å². The SMILES string of the molecule is Cc1[nH]ncc1CN[C@@H](c1cccc(F)c1)c1nccn1C. The molecule has 0 radical (unpaired) electrons. The molecule has 22 heavy (non-hydrogen) atoms. The van der Waals surface area contributed by atoms with E-state index in [9.17, 15) is 4.39 Å². The van der Waals surface area contributed by atoms with Gasteiger partial charge in [-0.2, -0.15) is 5.10 Å². The first-order valence-corrected chi connectivity index (χ1v) is 7.10. The highest BCUT2D eigenvalue weighted by Crippen LogP contribution is 2.22. The third-order valence-corrected chi connectivity index (χ3v) is 3.73. The van der Waals surface area contributed by atoms with E-state index >= 15 is 0 Å². The summed E-state index contributed by atoms with van der Waals surface area (Å²) in [5.74, 6) is 0.588. The van der Waals surface area contributed by atoms with E-state index in [1.54, 1.807) is 18.5 Å². The molecular formula is C16H18FN5. The highest BCUT2D eigenvalue weighted by atomic mass is 19.1. The Bertz CT molecular complexity index is 761. The van der Waals surface area contributed by atoms with Crippen molar-refractivity contribution >= 4 is 0 Å². The fourth-order valence-corrected chi connectivity index (χ4v) is 2.47. The number of benzene rings is 1. The molecule has 0 amide bonds. The summed E-state index contributed by atoms with van der Waals surface area (Å²) in [7, 11) is 1.93. The van der Waals surface area contributed by atoms with Gasteiger partial charge in [0.15, 0.2) is 0 Å². The second kappa shape index (κ2) is 6.11. The Morgan fingerprint density at radius 2 is 2.27 bits per heavy atom. The fourth-order valence-electron chi connectivity index (χ4n) is 2.47. The van der Waals surface area contributed by atoms with Crippen LogP contribution in [0.3, 0.4) is 0 Å². The lowest BCUT2D eigenvalue weighted by Gasteiger charge is -2.19. The first kappa shape index (κ1) is 14.5. The molecule has 0 unspecified atom stereocenters. The molecule has 2 aromatic heterocycles. The molecule has 6 heteroatoms. The topological polar surface area (TPSA) is 58.5 Å². The van der Waals surface area contributed by atoms with E-state index in [1.807, 2.05) is 30.8 Å². The number of aryl methyl sites for hydroxylation is 2. The quantitative estimate of drug-likeness (QED) is 0.761. The van der Waals surface area contributed by atoms with Crippen LogP contribution in [0.4, 0.5) is 4.39 Å². The van der Waals surface area contributed by atoms with Crippen LogP contribution in [-0.2, 0) is 13.6 Å². The fraction of sp³-hybridized carbons (Fsp3) is 0.250. The molecule has 0 saturated heterocycles. The van der Waals surface area contributed by atoms with Crippen molar-refractivity contribution in [1.82, 2.24) is 25.1 Å². The number of hydrogen-bond donors (Lipinski definition) is 2. The van der Waals surface area contributed by atoms with Crippen LogP contribution < -0.4 is 5.32 Å². The van der Waals surface area contributed by atoms with Crippen LogP contribution in [0, 0.1) is 12.7 Å². The lowest BCUT2D eigenvalue weighted by Crippen LogP contribution is -2.25. The van der Waals surface area contributed by atoms with Gasteiger partial charge in [0, 0.05) is 37.2 Å². The summed E-state index contributed by atoms with van der Waals surface area (Å²) in [5, 5.41) is 10.4. The zero-order chi connectivity index (χ0) is 15.5. The highest BCUT2D eigenvalue weighted by Gasteiger charge is 2.18. The van der Waals surface area contributed by atoms with Gasteiger partial charge in [-0.25, -0.2) is 9.37 Å². The molecule has 0 bridgehead atoms. The Labute approximate surface area is 128 Å². The second-order valence-corrected chi connectivity index (χ2v) is 5.29. The van der Waals surface area contributed by atoms with E-state index in [0.29, 0.717) is 6.54 Å². The molecule has 0 saturated carbocycles. The molecule has 114 valence electrons. The summed E-state index contributed by atoms with van der Waals surface area (Å²) in [6.07, 6.45) is 5.42. The molecule has 3 rings (SSSR count). The predicted octanol–water partition coefficient (Wildman–Crippen LogP) is 2.47. The molecule has 0 aliphatic heterocycles. The van der Waals surface area contributed by atoms with Crippen molar-refractivity contribution in [2.24, 2.45) is 7.05 Å². The molecule has 0 aliphatic rings. The van der Waals surface area contributed by atoms with Crippen LogP contribution in [-0.4, -0.2) is 19.7 Å². The van der Waals surface area contributed by atoms with Crippen molar-refractivity contribution in [3.8, 4) is 0 Å². The van der Waals surface area contributed by atoms with E-state index in [4.69, 9.17) is 0 Å². The number of rotatable bonds is 5. The van der Waals surface area contributed by atoms with E-state index in [2.05, 4.69) is 20.5 Å². The molecule has 3 aromatic rings. The molecule has 1 atom stereocenters. The number of H-pyrrole nitrogens is 1. The minimum atomic E-state index is -0.252. The smallest absolute Gasteiger partial charge is 0.130 e. The molecule has 0 spiro atoms. The molecule has 0 fully saturated rings. The first-order chi connectivity index (χ1) is 10.6. The van der Waals surface area contributed by atoms with Crippen molar-refractivity contribution in [1.29, 1.82) is 0 Å². The van der Waals surface area contributed by atoms with Gasteiger partial charge in [0.2, 0.25) is 0 Å². The molecule has 2 N–H and O–H groups in total. The number of aromatic nitrogens is 4. The van der Waals surface area contributed by atoms with E-state index in [1.165, 1.54) is 12.1 Å². The normalized spacial score (nSPS) is 12.5. The van der Waals surface area contributed by atoms with Crippen LogP contribution >= 0.6 is 0 Å². The summed E-state index contributed by atoms with van der Waals surface area (Å²) in [4.78, 5) is 4.40. The maximum absolute atomic E-state index is 13.6. The first-order valence-electron chi connectivity index (χ1n) is 7.10. The maximum Gasteiger partial charge on any atom is 0.130 e. The van der Waals surface area contributed by atoms with Gasteiger partial charge in [-0.1, -0.05) is 12.1 Å². The minimum absolute atomic E-state index is 0.190. The van der Waals surface area contributed by atoms with Gasteiger partial charge >= 0.3 is 0 Å². The van der Waals surface area contributed by atoms with Gasteiger partial charge in [-0.3, -0.25) is 10.4 Å². The zero-order valence-electron chi connectivity index (χ0n) is 12.5. The summed E-state index contributed by atoms with van der Waals surface area (Å²) in [6.45, 7) is 2.60. The van der Waals surface area contributed by atoms with Crippen molar-refractivity contribution in [3.63, 3.8) is 0 Å². The Morgan fingerprint density at radius 3 is 2.91 bits per heavy atom. The van der Waals surface area contributed by atoms with E-state index < -0.39 is 0 Å². The Kier molecular flexibility index (Phi) is 4.02. The number of halogens is 1. The number of imidazole rings is 1. The lowest BCUT2D eigenvalue weighted by atomic mass is 10.1. The largest absolute Gasteiger partial charge is 0.336 e. The molecule has 1 aromatic carbocycles. The number of nitrogens with zero attached hydrogens (tertiary/aromatic N) is 3. The van der Waals surface area contributed by atoms with Crippen molar-refractivity contribution in [3.05, 3.63) is 71.3 Å². The average molecular weight is 299 g/mol. The zero-order valence-corrected chi connectivity index (χ0v) is 12.5. The van der Waals surface area contributed by atoms with Crippen LogP contribution in [0.1, 0.15) is 28.7 Å². The second-order valence-electron chi connectivity index (χ2n) is 5.29. The minimum Gasteiger partial charge on any atom is -0.336 e. The van der Waals surface area contributed by atoms with Gasteiger partial charge in [-0.05, 0) is 24.6 Å². The summed E-state index contributed by atoms with van der Waals surface area (Å²) < 4.78 is 15.5. The van der Waals surface area contributed by atoms with Gasteiger partial charge in [0.1, 0.15) is 11.6 Å². The van der Waals surface area contributed by atoms with Gasteiger partial charge in [-0.15, -0.1) is 0 Å². The van der Waals surface area contributed by atoms with E-state index in [0.717, 1.165) is 22.6 Å². The Balaban J connectivity index is 1.90. The van der Waals surface area contributed by atoms with Crippen molar-refractivity contribution in [2.45, 2.75) is 19.5 Å². The highest BCUT2D eigenvalue weighted by molar-refractivity contribution is 5.26. The molecule has 2 heterocycles. The standard InChI is InChI=1S/C16H18FN5/c1-11-13(10-20-21-11)9-19-15(16-18-6-7-22(16)2)12-4-3-5-14(17)8-12/h3-8,10,15,19H,9H2,1-2H3,(H,20,21)/t15-/m0/s1. The Morgan fingerprint density at radius 1 is 1.41 bits per heavy atom. The summed E-state index contributed by atoms with van der Waals surface area (Å²) in [6, 6.07) is 6.40. The predicted molar refractivity (Wildman–Crippen MR) is 81.6 cm³/mol. The third-order valence-electron chi connectivity index (χ3n) is 3.73. The summed E-state index contributed by atoms with van der Waals surface area (Å²) in [5.41, 5.74) is 2.94. The van der Waals surface area contributed by atoms with Crippen LogP contribution in [0.5, 0.6) is 0 Å². The maximum atomic E-state index is 13.6. The monoisotopic (exact) mass is 299 g/mol. The van der Waals surface area contributed by atoms with Gasteiger partial charge in [0.05, 0.1) is 12.2 Å². The van der Waals surface area contributed by atoms with Gasteiger partial charge < -0.3 is 4.57 Å². The molecule has 5 nitrogen and oxygen atoms in total. The number of aromatic amines is 1. The average Bonchev–Trinajstić information content (AvgIpc) is 3.09. The van der Waals surface area contributed by atoms with Crippen LogP contribution in [0.25, 0.3) is 0 Å². The Hall–Kier alpha value is -2.47. The molecular weight excluding hydrogens is 281 g/mol. The van der Waals surface area contributed by atoms with Crippen LogP contribution in [0.15, 0.2) is 42.9 Å². The number of nitrogens with one attached hydrogen (secondary N) is 2. The number of hydrogen-bond acceptors (Lipinski definition) is 3. The summed E-state index contributed by atoms with van der Waals surface area (Å²) >= 11 is 0. The third kappa shape index (κ3) is 2.92. The lowest BCUT2D eigenvalue weighted by molar-refractivity contribution is 0.550. The van der Waals surface area contributed by atoms with E-state index in [-0.39, 0.29) is 11.9 Å².